The first kappa shape index (κ1) is 34.2. The summed E-state index contributed by atoms with van der Waals surface area (Å²) in [5.74, 6) is 2.43. The number of nitrogens with zero attached hydrogens (tertiary/aromatic N) is 6. The molecule has 0 bridgehead atoms. The first-order chi connectivity index (χ1) is 18.7. The summed E-state index contributed by atoms with van der Waals surface area (Å²) in [5, 5.41) is 10.4. The third-order valence-electron chi connectivity index (χ3n) is 7.37. The van der Waals surface area contributed by atoms with Gasteiger partial charge >= 0.3 is 202 Å². The van der Waals surface area contributed by atoms with Crippen molar-refractivity contribution in [3.8, 4) is 0 Å². The number of morpholine rings is 1. The summed E-state index contributed by atoms with van der Waals surface area (Å²) in [6, 6.07) is 0. The molecule has 0 aliphatic carbocycles. The monoisotopic (exact) mass is 652 g/mol. The first-order valence-electron chi connectivity index (χ1n) is 15.4. The Morgan fingerprint density at radius 1 is 0.923 bits per heavy atom. The number of ether oxygens (including phenoxy) is 1. The fourth-order valence-electron chi connectivity index (χ4n) is 4.68. The van der Waals surface area contributed by atoms with Crippen LogP contribution in [0.2, 0.25) is 4.44 Å². The average molecular weight is 652 g/mol. The summed E-state index contributed by atoms with van der Waals surface area (Å²) in [7, 11) is 2.10. The van der Waals surface area contributed by atoms with E-state index in [4.69, 9.17) is 19.7 Å². The van der Waals surface area contributed by atoms with Crippen LogP contribution >= 0.6 is 0 Å². The van der Waals surface area contributed by atoms with Gasteiger partial charge in [0.05, 0.1) is 0 Å². The van der Waals surface area contributed by atoms with Gasteiger partial charge in [-0.05, 0) is 0 Å². The van der Waals surface area contributed by atoms with E-state index in [0.29, 0.717) is 5.92 Å². The normalized spacial score (nSPS) is 17.0. The first-order valence-corrected chi connectivity index (χ1v) is 18.9. The summed E-state index contributed by atoms with van der Waals surface area (Å²) in [4.78, 5) is 19.9. The number of imidazole rings is 1. The maximum atomic E-state index is 10.4. The zero-order valence-electron chi connectivity index (χ0n) is 26.2. The number of aromatic nitrogens is 4. The topological polar surface area (TPSA) is 79.5 Å². The average Bonchev–Trinajstić information content (AvgIpc) is 3.24. The molecule has 9 heteroatoms. The summed E-state index contributed by atoms with van der Waals surface area (Å²) in [6.07, 6.45) is 8.46. The predicted molar refractivity (Wildman–Crippen MR) is 165 cm³/mol. The number of hydrogen-bond donors (Lipinski definition) is 1. The molecule has 0 unspecified atom stereocenters. The Morgan fingerprint density at radius 3 is 2.08 bits per heavy atom. The molecule has 2 aromatic heterocycles. The Balaban J connectivity index is 0.000000686. The fraction of sp³-hybridized carbons (Fsp3) is 0.833. The zero-order chi connectivity index (χ0) is 28.8. The maximum absolute atomic E-state index is 10.4. The van der Waals surface area contributed by atoms with E-state index in [1.807, 2.05) is 13.8 Å². The Morgan fingerprint density at radius 2 is 1.54 bits per heavy atom. The summed E-state index contributed by atoms with van der Waals surface area (Å²) in [5.41, 5.74) is 1.33. The van der Waals surface area contributed by atoms with Crippen molar-refractivity contribution in [3.05, 3.63) is 5.82 Å². The van der Waals surface area contributed by atoms with Gasteiger partial charge < -0.3 is 0 Å². The number of aliphatic hydroxyl groups is 1. The molecule has 4 rings (SSSR count). The van der Waals surface area contributed by atoms with Gasteiger partial charge in [-0.2, -0.15) is 0 Å². The summed E-state index contributed by atoms with van der Waals surface area (Å²) >= 11 is -0.784. The molecule has 2 aliphatic rings. The van der Waals surface area contributed by atoms with E-state index in [-0.39, 0.29) is 0 Å². The molecule has 2 aliphatic heterocycles. The van der Waals surface area contributed by atoms with E-state index in [1.165, 1.54) is 36.5 Å². The second-order valence-corrected chi connectivity index (χ2v) is 15.1. The van der Waals surface area contributed by atoms with Gasteiger partial charge in [0.15, 0.2) is 0 Å². The number of anilines is 1. The van der Waals surface area contributed by atoms with Gasteiger partial charge in [-0.1, -0.05) is 47.0 Å². The molecule has 0 saturated carbocycles. The number of hydrogen-bond acceptors (Lipinski definition) is 7. The van der Waals surface area contributed by atoms with Gasteiger partial charge in [-0.25, -0.2) is 0 Å². The molecular weight excluding hydrogens is 595 g/mol. The fourth-order valence-corrected chi connectivity index (χ4v) is 7.89. The van der Waals surface area contributed by atoms with Gasteiger partial charge in [0.1, 0.15) is 0 Å². The molecule has 2 aromatic rings. The Hall–Kier alpha value is -0.971. The van der Waals surface area contributed by atoms with E-state index in [1.54, 1.807) is 0 Å². The van der Waals surface area contributed by atoms with E-state index < -0.39 is 26.7 Å². The molecule has 8 nitrogen and oxygen atoms in total. The van der Waals surface area contributed by atoms with E-state index in [0.717, 1.165) is 85.4 Å². The third kappa shape index (κ3) is 10.7. The molecule has 0 aromatic carbocycles. The van der Waals surface area contributed by atoms with Crippen LogP contribution in [0.15, 0.2) is 0 Å². The van der Waals surface area contributed by atoms with Crippen LogP contribution in [0.5, 0.6) is 0 Å². The van der Waals surface area contributed by atoms with Crippen LogP contribution in [-0.4, -0.2) is 95.7 Å². The number of piperidine rings is 1. The van der Waals surface area contributed by atoms with Crippen LogP contribution in [-0.2, 0) is 18.3 Å². The number of fused-ring (bicyclic) bond motifs is 1. The van der Waals surface area contributed by atoms with Gasteiger partial charge in [-0.15, -0.1) is 0 Å². The van der Waals surface area contributed by atoms with Gasteiger partial charge in [0, 0.05) is 0 Å². The van der Waals surface area contributed by atoms with E-state index >= 15 is 0 Å². The second-order valence-electron chi connectivity index (χ2n) is 11.4. The van der Waals surface area contributed by atoms with Crippen LogP contribution in [0.25, 0.3) is 11.2 Å². The molecule has 0 spiro atoms. The molecular formula is C30H56N6O2Sn. The van der Waals surface area contributed by atoms with Crippen molar-refractivity contribution in [2.45, 2.75) is 110 Å². The van der Waals surface area contributed by atoms with Crippen molar-refractivity contribution in [2.75, 3.05) is 44.3 Å². The van der Waals surface area contributed by atoms with Crippen LogP contribution < -0.4 is 8.74 Å². The molecule has 2 saturated heterocycles. The van der Waals surface area contributed by atoms with Crippen molar-refractivity contribution >= 4 is 42.0 Å². The van der Waals surface area contributed by atoms with E-state index in [2.05, 4.69) is 56.0 Å². The molecule has 222 valence electrons. The minimum atomic E-state index is -0.784. The number of rotatable bonds is 9. The van der Waals surface area contributed by atoms with Crippen molar-refractivity contribution in [1.29, 1.82) is 0 Å². The second kappa shape index (κ2) is 17.8. The van der Waals surface area contributed by atoms with Crippen LogP contribution in [0.1, 0.15) is 99.2 Å². The van der Waals surface area contributed by atoms with Crippen molar-refractivity contribution in [1.82, 2.24) is 24.4 Å². The number of aryl methyl sites for hydroxylation is 1. The minimum absolute atomic E-state index is 0.370. The van der Waals surface area contributed by atoms with Crippen molar-refractivity contribution < 1.29 is 9.84 Å². The van der Waals surface area contributed by atoms with E-state index in [9.17, 15) is 5.11 Å². The molecule has 4 heterocycles. The van der Waals surface area contributed by atoms with Gasteiger partial charge in [0.25, 0.3) is 0 Å². The summed E-state index contributed by atoms with van der Waals surface area (Å²) < 4.78 is 10.1. The Labute approximate surface area is 248 Å². The van der Waals surface area contributed by atoms with Gasteiger partial charge in [0.2, 0.25) is 0 Å². The quantitative estimate of drug-likeness (QED) is 0.304. The molecule has 1 N–H and O–H groups in total. The van der Waals surface area contributed by atoms with Crippen LogP contribution in [0.4, 0.5) is 5.82 Å². The standard InChI is InChI=1S/C19H29N6O2.C4H10.C4H9.C3H8.Sn/c1-19(2,26)14-4-6-24(7-5-14)12-15-22-16-17(23(15)3)20-13-21-18(16)25-8-10-27-11-9-25;2*1-3-4-2;1-3-2;/h14,26H,4-12H2,1-3H3;3-4H2,1-2H3;1,3-4H2,2H3;3H2,1-2H3;. The molecule has 0 amide bonds. The third-order valence-corrected chi connectivity index (χ3v) is 10.6. The molecule has 39 heavy (non-hydrogen) atoms. The Kier molecular flexibility index (Phi) is 15.6. The zero-order valence-corrected chi connectivity index (χ0v) is 29.1. The molecule has 0 atom stereocenters. The van der Waals surface area contributed by atoms with Crippen molar-refractivity contribution in [2.24, 2.45) is 13.0 Å². The SMILES string of the molecule is CCC.CCCC.CCC[CH2][Sn][c]1nc(N2CCOCC2)c2nc(CN3CCC(C(C)(C)O)CC3)n(C)c2n1. The van der Waals surface area contributed by atoms with Crippen molar-refractivity contribution in [3.63, 3.8) is 0 Å². The Bertz CT molecular complexity index is 945. The van der Waals surface area contributed by atoms with Gasteiger partial charge in [-0.3, -0.25) is 0 Å². The van der Waals surface area contributed by atoms with Crippen LogP contribution in [0.3, 0.4) is 0 Å². The summed E-state index contributed by atoms with van der Waals surface area (Å²) in [6.45, 7) is 20.8. The number of likely N-dealkylation sites (tertiary alicyclic amines) is 1. The van der Waals surface area contributed by atoms with Crippen LogP contribution in [0, 0.1) is 5.92 Å². The molecule has 2 fully saturated rings. The predicted octanol–water partition coefficient (Wildman–Crippen LogP) is 4.95. The molecule has 2 radical (unpaired) electrons. The number of unbranched alkanes of at least 4 members (excludes halogenated alkanes) is 2.